The van der Waals surface area contributed by atoms with Gasteiger partial charge in [0.15, 0.2) is 5.69 Å². The molecular formula is C19H15N3O8. The molecule has 0 unspecified atom stereocenters. The second kappa shape index (κ2) is 11.9. The number of hydrogen-bond donors (Lipinski definition) is 4. The zero-order chi connectivity index (χ0) is 22.5. The number of aromatic nitrogens is 3. The van der Waals surface area contributed by atoms with Crippen molar-refractivity contribution < 1.29 is 39.6 Å². The highest BCUT2D eigenvalue weighted by Crippen LogP contribution is 2.04. The molecule has 0 aromatic carbocycles. The summed E-state index contributed by atoms with van der Waals surface area (Å²) in [5, 5.41) is 33.6. The molecule has 0 saturated heterocycles. The van der Waals surface area contributed by atoms with Gasteiger partial charge in [-0.05, 0) is 36.4 Å². The summed E-state index contributed by atoms with van der Waals surface area (Å²) in [6.07, 6.45) is 4.13. The van der Waals surface area contributed by atoms with Crippen molar-refractivity contribution in [1.29, 1.82) is 0 Å². The smallest absolute Gasteiger partial charge is 0.355 e. The highest BCUT2D eigenvalue weighted by molar-refractivity contribution is 6.00. The third kappa shape index (κ3) is 7.92. The maximum absolute atomic E-state index is 10.4. The van der Waals surface area contributed by atoms with Crippen molar-refractivity contribution in [2.45, 2.75) is 0 Å². The normalized spacial score (nSPS) is 9.07. The molecule has 0 radical (unpaired) electrons. The molecule has 0 spiro atoms. The molecule has 154 valence electrons. The summed E-state index contributed by atoms with van der Waals surface area (Å²) in [6.45, 7) is 0. The number of rotatable bonds is 4. The van der Waals surface area contributed by atoms with Crippen LogP contribution in [0.4, 0.5) is 0 Å². The van der Waals surface area contributed by atoms with Crippen molar-refractivity contribution in [2.24, 2.45) is 0 Å². The summed E-state index contributed by atoms with van der Waals surface area (Å²) in [6, 6.07) is 12.1. The van der Waals surface area contributed by atoms with E-state index in [4.69, 9.17) is 20.4 Å². The van der Waals surface area contributed by atoms with Gasteiger partial charge in [-0.1, -0.05) is 12.1 Å². The molecule has 11 nitrogen and oxygen atoms in total. The lowest BCUT2D eigenvalue weighted by molar-refractivity contribution is 0.0646. The Kier molecular flexibility index (Phi) is 9.29. The summed E-state index contributed by atoms with van der Waals surface area (Å²) in [5.41, 5.74) is -0.579. The molecule has 30 heavy (non-hydrogen) atoms. The molecule has 0 bridgehead atoms. The first-order chi connectivity index (χ1) is 14.2. The van der Waals surface area contributed by atoms with E-state index in [0.717, 1.165) is 0 Å². The van der Waals surface area contributed by atoms with Gasteiger partial charge in [-0.2, -0.15) is 0 Å². The fourth-order valence-corrected chi connectivity index (χ4v) is 1.73. The average Bonchev–Trinajstić information content (AvgIpc) is 2.75. The minimum Gasteiger partial charge on any atom is -0.478 e. The van der Waals surface area contributed by atoms with Gasteiger partial charge in [0.05, 0.1) is 5.56 Å². The topological polar surface area (TPSA) is 188 Å². The molecule has 0 aliphatic carbocycles. The Balaban J connectivity index is 0.000000229. The second-order valence-corrected chi connectivity index (χ2v) is 5.05. The van der Waals surface area contributed by atoms with E-state index >= 15 is 0 Å². The minimum atomic E-state index is -1.34. The largest absolute Gasteiger partial charge is 0.478 e. The van der Waals surface area contributed by atoms with E-state index in [1.54, 1.807) is 24.3 Å². The van der Waals surface area contributed by atoms with Crippen molar-refractivity contribution in [3.8, 4) is 0 Å². The number of carboxylic acids is 4. The molecule has 0 amide bonds. The molecule has 3 aromatic heterocycles. The lowest BCUT2D eigenvalue weighted by Crippen LogP contribution is -2.09. The Morgan fingerprint density at radius 1 is 0.533 bits per heavy atom. The average molecular weight is 413 g/mol. The van der Waals surface area contributed by atoms with Gasteiger partial charge in [0, 0.05) is 18.6 Å². The van der Waals surface area contributed by atoms with Gasteiger partial charge in [-0.3, -0.25) is 0 Å². The lowest BCUT2D eigenvalue weighted by Gasteiger charge is -1.97. The van der Waals surface area contributed by atoms with Crippen LogP contribution in [0.25, 0.3) is 0 Å². The molecular weight excluding hydrogens is 398 g/mol. The first kappa shape index (κ1) is 23.4. The molecule has 0 aliphatic heterocycles. The van der Waals surface area contributed by atoms with Crippen LogP contribution in [0.5, 0.6) is 0 Å². The van der Waals surface area contributed by atoms with Gasteiger partial charge < -0.3 is 20.4 Å². The fraction of sp³-hybridized carbons (Fsp3) is 0. The standard InChI is InChI=1S/C7H5NO4.2C6H5NO2/c9-6(10)4-2-1-3-8-5(4)7(11)12;2*8-6(9)5-3-1-2-4-7-5/h1-3H,(H,9,10)(H,11,12);2*1-4H,(H,8,9). The molecule has 0 aliphatic rings. The molecule has 0 atom stereocenters. The zero-order valence-electron chi connectivity index (χ0n) is 15.1. The Labute approximate surface area is 168 Å². The third-order valence-electron chi connectivity index (χ3n) is 3.01. The van der Waals surface area contributed by atoms with E-state index in [-0.39, 0.29) is 17.0 Å². The number of nitrogens with zero attached hydrogens (tertiary/aromatic N) is 3. The van der Waals surface area contributed by atoms with E-state index < -0.39 is 29.6 Å². The maximum atomic E-state index is 10.4. The molecule has 0 fully saturated rings. The monoisotopic (exact) mass is 413 g/mol. The van der Waals surface area contributed by atoms with Crippen LogP contribution in [-0.4, -0.2) is 59.3 Å². The summed E-state index contributed by atoms with van der Waals surface area (Å²) < 4.78 is 0. The van der Waals surface area contributed by atoms with Crippen LogP contribution in [0, 0.1) is 0 Å². The van der Waals surface area contributed by atoms with Crippen molar-refractivity contribution in [3.05, 3.63) is 89.8 Å². The van der Waals surface area contributed by atoms with Crippen LogP contribution in [0.1, 0.15) is 41.8 Å². The fourth-order valence-electron chi connectivity index (χ4n) is 1.73. The van der Waals surface area contributed by atoms with Gasteiger partial charge in [0.25, 0.3) is 0 Å². The Morgan fingerprint density at radius 2 is 1.00 bits per heavy atom. The Bertz CT molecular complexity index is 928. The Morgan fingerprint density at radius 3 is 1.27 bits per heavy atom. The van der Waals surface area contributed by atoms with Crippen LogP contribution in [0.2, 0.25) is 0 Å². The predicted octanol–water partition coefficient (Wildman–Crippen LogP) is 2.04. The highest BCUT2D eigenvalue weighted by atomic mass is 16.4. The van der Waals surface area contributed by atoms with Gasteiger partial charge >= 0.3 is 23.9 Å². The predicted molar refractivity (Wildman–Crippen MR) is 101 cm³/mol. The maximum Gasteiger partial charge on any atom is 0.355 e. The third-order valence-corrected chi connectivity index (χ3v) is 3.01. The summed E-state index contributed by atoms with van der Waals surface area (Å²) >= 11 is 0. The first-order valence-corrected chi connectivity index (χ1v) is 7.94. The number of pyridine rings is 3. The summed E-state index contributed by atoms with van der Waals surface area (Å²) in [4.78, 5) is 51.7. The van der Waals surface area contributed by atoms with E-state index in [9.17, 15) is 19.2 Å². The van der Waals surface area contributed by atoms with E-state index in [2.05, 4.69) is 15.0 Å². The number of carboxylic acid groups (broad SMARTS) is 4. The molecule has 3 heterocycles. The zero-order valence-corrected chi connectivity index (χ0v) is 15.1. The molecule has 3 rings (SSSR count). The summed E-state index contributed by atoms with van der Waals surface area (Å²) in [5.74, 6) is -4.61. The molecule has 3 aromatic rings. The van der Waals surface area contributed by atoms with Crippen LogP contribution >= 0.6 is 0 Å². The van der Waals surface area contributed by atoms with Crippen molar-refractivity contribution in [1.82, 2.24) is 15.0 Å². The van der Waals surface area contributed by atoms with Crippen molar-refractivity contribution >= 4 is 23.9 Å². The molecule has 4 N–H and O–H groups in total. The van der Waals surface area contributed by atoms with Crippen molar-refractivity contribution in [3.63, 3.8) is 0 Å². The van der Waals surface area contributed by atoms with Crippen molar-refractivity contribution in [2.75, 3.05) is 0 Å². The van der Waals surface area contributed by atoms with Gasteiger partial charge in [-0.25, -0.2) is 34.1 Å². The van der Waals surface area contributed by atoms with Crippen LogP contribution < -0.4 is 0 Å². The minimum absolute atomic E-state index is 0.0810. The quantitative estimate of drug-likeness (QED) is 0.490. The molecule has 0 saturated carbocycles. The Hall–Kier alpha value is -4.67. The second-order valence-electron chi connectivity index (χ2n) is 5.05. The van der Waals surface area contributed by atoms with E-state index in [1.807, 2.05) is 0 Å². The SMILES string of the molecule is O=C(O)c1ccccn1.O=C(O)c1ccccn1.O=C(O)c1cccnc1C(=O)O. The van der Waals surface area contributed by atoms with Gasteiger partial charge in [0.1, 0.15) is 11.4 Å². The van der Waals surface area contributed by atoms with Gasteiger partial charge in [-0.15, -0.1) is 0 Å². The number of aromatic carboxylic acids is 4. The first-order valence-electron chi connectivity index (χ1n) is 7.94. The van der Waals surface area contributed by atoms with Crippen LogP contribution in [-0.2, 0) is 0 Å². The van der Waals surface area contributed by atoms with Crippen LogP contribution in [0.3, 0.4) is 0 Å². The van der Waals surface area contributed by atoms with Crippen LogP contribution in [0.15, 0.2) is 67.1 Å². The highest BCUT2D eigenvalue weighted by Gasteiger charge is 2.15. The number of carbonyl (C=O) groups is 4. The molecule has 11 heteroatoms. The van der Waals surface area contributed by atoms with E-state index in [0.29, 0.717) is 0 Å². The lowest BCUT2D eigenvalue weighted by atomic mass is 10.2. The van der Waals surface area contributed by atoms with Gasteiger partial charge in [0.2, 0.25) is 0 Å². The summed E-state index contributed by atoms with van der Waals surface area (Å²) in [7, 11) is 0. The number of hydrogen-bond acceptors (Lipinski definition) is 7. The van der Waals surface area contributed by atoms with E-state index in [1.165, 1.54) is 42.9 Å².